The van der Waals surface area contributed by atoms with Crippen LogP contribution in [0.4, 0.5) is 0 Å². The van der Waals surface area contributed by atoms with E-state index in [-0.39, 0.29) is 5.91 Å². The highest BCUT2D eigenvalue weighted by molar-refractivity contribution is 7.08. The molecule has 0 saturated carbocycles. The van der Waals surface area contributed by atoms with Crippen molar-refractivity contribution in [1.29, 1.82) is 0 Å². The SMILES string of the molecule is Cc1ccccc1CCN1CCCC(CN(C)C(=O)Cc2ccsc2)C1. The zero-order chi connectivity index (χ0) is 18.4. The Kier molecular flexibility index (Phi) is 6.86. The summed E-state index contributed by atoms with van der Waals surface area (Å²) in [6, 6.07) is 10.7. The number of benzene rings is 1. The molecule has 1 saturated heterocycles. The van der Waals surface area contributed by atoms with Gasteiger partial charge in [0.1, 0.15) is 0 Å². The summed E-state index contributed by atoms with van der Waals surface area (Å²) < 4.78 is 0. The highest BCUT2D eigenvalue weighted by Crippen LogP contribution is 2.19. The largest absolute Gasteiger partial charge is 0.345 e. The highest BCUT2D eigenvalue weighted by atomic mass is 32.1. The summed E-state index contributed by atoms with van der Waals surface area (Å²) >= 11 is 1.66. The average molecular weight is 371 g/mol. The number of amides is 1. The third-order valence-corrected chi connectivity index (χ3v) is 6.19. The molecule has 1 amide bonds. The first-order chi connectivity index (χ1) is 12.6. The fourth-order valence-corrected chi connectivity index (χ4v) is 4.53. The zero-order valence-electron chi connectivity index (χ0n) is 16.0. The summed E-state index contributed by atoms with van der Waals surface area (Å²) in [6.45, 7) is 6.50. The van der Waals surface area contributed by atoms with Crippen LogP contribution < -0.4 is 0 Å². The summed E-state index contributed by atoms with van der Waals surface area (Å²) in [5, 5.41) is 4.11. The van der Waals surface area contributed by atoms with Gasteiger partial charge in [-0.05, 0) is 72.2 Å². The summed E-state index contributed by atoms with van der Waals surface area (Å²) in [5.41, 5.74) is 3.98. The first-order valence-corrected chi connectivity index (χ1v) is 10.6. The molecule has 0 N–H and O–H groups in total. The van der Waals surface area contributed by atoms with E-state index in [0.29, 0.717) is 12.3 Å². The minimum atomic E-state index is 0.237. The van der Waals surface area contributed by atoms with Gasteiger partial charge >= 0.3 is 0 Å². The first kappa shape index (κ1) is 19.1. The second kappa shape index (κ2) is 9.33. The molecule has 2 heterocycles. The van der Waals surface area contributed by atoms with Crippen LogP contribution in [-0.2, 0) is 17.6 Å². The number of rotatable bonds is 7. The second-order valence-corrected chi connectivity index (χ2v) is 8.35. The molecule has 1 fully saturated rings. The number of carbonyl (C=O) groups excluding carboxylic acids is 1. The number of nitrogens with zero attached hydrogens (tertiary/aromatic N) is 2. The number of hydrogen-bond acceptors (Lipinski definition) is 3. The number of piperidine rings is 1. The molecule has 3 nitrogen and oxygen atoms in total. The van der Waals surface area contributed by atoms with Gasteiger partial charge in [0, 0.05) is 26.7 Å². The highest BCUT2D eigenvalue weighted by Gasteiger charge is 2.22. The van der Waals surface area contributed by atoms with Crippen LogP contribution in [0.3, 0.4) is 0 Å². The molecule has 1 aliphatic rings. The zero-order valence-corrected chi connectivity index (χ0v) is 16.8. The van der Waals surface area contributed by atoms with Gasteiger partial charge in [-0.1, -0.05) is 24.3 Å². The molecule has 140 valence electrons. The van der Waals surface area contributed by atoms with Gasteiger partial charge in [-0.15, -0.1) is 0 Å². The quantitative estimate of drug-likeness (QED) is 0.735. The van der Waals surface area contributed by atoms with Crippen LogP contribution in [0.15, 0.2) is 41.1 Å². The Balaban J connectivity index is 1.45. The van der Waals surface area contributed by atoms with Crippen molar-refractivity contribution in [3.8, 4) is 0 Å². The minimum absolute atomic E-state index is 0.237. The molecule has 1 aromatic carbocycles. The van der Waals surface area contributed by atoms with Crippen LogP contribution in [-0.4, -0.2) is 48.9 Å². The van der Waals surface area contributed by atoms with Crippen molar-refractivity contribution in [3.63, 3.8) is 0 Å². The van der Waals surface area contributed by atoms with Crippen LogP contribution in [0.25, 0.3) is 0 Å². The van der Waals surface area contributed by atoms with Crippen molar-refractivity contribution in [2.24, 2.45) is 5.92 Å². The lowest BCUT2D eigenvalue weighted by atomic mass is 9.96. The van der Waals surface area contributed by atoms with E-state index < -0.39 is 0 Å². The summed E-state index contributed by atoms with van der Waals surface area (Å²) in [6.07, 6.45) is 4.12. The van der Waals surface area contributed by atoms with Crippen LogP contribution in [0.2, 0.25) is 0 Å². The number of carbonyl (C=O) groups is 1. The maximum atomic E-state index is 12.4. The van der Waals surface area contributed by atoms with Crippen LogP contribution in [0.1, 0.15) is 29.5 Å². The third kappa shape index (κ3) is 5.42. The Bertz CT molecular complexity index is 698. The Hall–Kier alpha value is -1.65. The van der Waals surface area contributed by atoms with E-state index in [2.05, 4.69) is 41.5 Å². The molecule has 0 aliphatic carbocycles. The lowest BCUT2D eigenvalue weighted by molar-refractivity contribution is -0.130. The Morgan fingerprint density at radius 2 is 2.15 bits per heavy atom. The van der Waals surface area contributed by atoms with E-state index in [0.717, 1.165) is 31.6 Å². The fraction of sp³-hybridized carbons (Fsp3) is 0.500. The van der Waals surface area contributed by atoms with Crippen molar-refractivity contribution < 1.29 is 4.79 Å². The van der Waals surface area contributed by atoms with Gasteiger partial charge in [0.05, 0.1) is 6.42 Å². The minimum Gasteiger partial charge on any atom is -0.345 e. The predicted octanol–water partition coefficient (Wildman–Crippen LogP) is 4.01. The van der Waals surface area contributed by atoms with Crippen LogP contribution >= 0.6 is 11.3 Å². The number of thiophene rings is 1. The third-order valence-electron chi connectivity index (χ3n) is 5.46. The molecule has 1 aromatic heterocycles. The predicted molar refractivity (Wildman–Crippen MR) is 110 cm³/mol. The van der Waals surface area contributed by atoms with E-state index in [9.17, 15) is 4.79 Å². The molecule has 1 unspecified atom stereocenters. The molecule has 2 aromatic rings. The van der Waals surface area contributed by atoms with Crippen molar-refractivity contribution in [3.05, 3.63) is 57.8 Å². The van der Waals surface area contributed by atoms with Crippen molar-refractivity contribution in [2.75, 3.05) is 33.2 Å². The van der Waals surface area contributed by atoms with E-state index in [1.54, 1.807) is 11.3 Å². The Labute approximate surface area is 161 Å². The number of hydrogen-bond donors (Lipinski definition) is 0. The van der Waals surface area contributed by atoms with E-state index >= 15 is 0 Å². The Morgan fingerprint density at radius 3 is 2.92 bits per heavy atom. The molecule has 0 radical (unpaired) electrons. The monoisotopic (exact) mass is 370 g/mol. The lowest BCUT2D eigenvalue weighted by Gasteiger charge is -2.35. The van der Waals surface area contributed by atoms with E-state index in [4.69, 9.17) is 0 Å². The first-order valence-electron chi connectivity index (χ1n) is 9.63. The van der Waals surface area contributed by atoms with Gasteiger partial charge in [0.15, 0.2) is 0 Å². The molecule has 1 aliphatic heterocycles. The summed E-state index contributed by atoms with van der Waals surface area (Å²) in [5.74, 6) is 0.831. The van der Waals surface area contributed by atoms with Gasteiger partial charge in [0.2, 0.25) is 5.91 Å². The van der Waals surface area contributed by atoms with Crippen molar-refractivity contribution in [2.45, 2.75) is 32.6 Å². The van der Waals surface area contributed by atoms with Gasteiger partial charge in [-0.2, -0.15) is 11.3 Å². The number of likely N-dealkylation sites (tertiary alicyclic amines) is 1. The van der Waals surface area contributed by atoms with Crippen molar-refractivity contribution in [1.82, 2.24) is 9.80 Å². The molecule has 3 rings (SSSR count). The molecule has 1 atom stereocenters. The topological polar surface area (TPSA) is 23.6 Å². The Morgan fingerprint density at radius 1 is 1.31 bits per heavy atom. The second-order valence-electron chi connectivity index (χ2n) is 7.57. The molecule has 26 heavy (non-hydrogen) atoms. The maximum absolute atomic E-state index is 12.4. The fourth-order valence-electron chi connectivity index (χ4n) is 3.86. The lowest BCUT2D eigenvalue weighted by Crippen LogP contribution is -2.42. The maximum Gasteiger partial charge on any atom is 0.226 e. The molecule has 4 heteroatoms. The molecule has 0 bridgehead atoms. The number of likely N-dealkylation sites (N-methyl/N-ethyl adjacent to an activating group) is 1. The normalized spacial score (nSPS) is 18.0. The van der Waals surface area contributed by atoms with Gasteiger partial charge in [-0.3, -0.25) is 4.79 Å². The van der Waals surface area contributed by atoms with Gasteiger partial charge in [-0.25, -0.2) is 0 Å². The van der Waals surface area contributed by atoms with Crippen molar-refractivity contribution >= 4 is 17.2 Å². The molecular formula is C22H30N2OS. The smallest absolute Gasteiger partial charge is 0.226 e. The van der Waals surface area contributed by atoms with Gasteiger partial charge in [0.25, 0.3) is 0 Å². The summed E-state index contributed by atoms with van der Waals surface area (Å²) in [7, 11) is 1.96. The van der Waals surface area contributed by atoms with E-state index in [1.807, 2.05) is 23.4 Å². The van der Waals surface area contributed by atoms with Crippen LogP contribution in [0, 0.1) is 12.8 Å². The summed E-state index contributed by atoms with van der Waals surface area (Å²) in [4.78, 5) is 16.9. The number of aryl methyl sites for hydroxylation is 1. The van der Waals surface area contributed by atoms with Crippen LogP contribution in [0.5, 0.6) is 0 Å². The van der Waals surface area contributed by atoms with E-state index in [1.165, 1.54) is 30.5 Å². The standard InChI is InChI=1S/C22H30N2OS/c1-18-6-3-4-8-21(18)9-12-24-11-5-7-20(16-24)15-23(2)22(25)14-19-10-13-26-17-19/h3-4,6,8,10,13,17,20H,5,7,9,11-12,14-16H2,1-2H3. The molecule has 0 spiro atoms. The average Bonchev–Trinajstić information content (AvgIpc) is 3.14. The van der Waals surface area contributed by atoms with Gasteiger partial charge < -0.3 is 9.80 Å². The molecular weight excluding hydrogens is 340 g/mol.